The molecule has 0 N–H and O–H groups in total. The Bertz CT molecular complexity index is 1670. The lowest BCUT2D eigenvalue weighted by Gasteiger charge is -2.37. The van der Waals surface area contributed by atoms with E-state index >= 15 is 0 Å². The number of ether oxygens (including phenoxy) is 2. The van der Waals surface area contributed by atoms with Gasteiger partial charge in [-0.25, -0.2) is 14.0 Å². The molecule has 0 bridgehead atoms. The van der Waals surface area contributed by atoms with E-state index in [0.717, 1.165) is 35.5 Å². The minimum atomic E-state index is -2.08. The summed E-state index contributed by atoms with van der Waals surface area (Å²) in [4.78, 5) is 19.0. The van der Waals surface area contributed by atoms with E-state index in [1.54, 1.807) is 21.8 Å². The molecule has 0 unspecified atom stereocenters. The van der Waals surface area contributed by atoms with Gasteiger partial charge in [-0.1, -0.05) is 43.7 Å². The quantitative estimate of drug-likeness (QED) is 0.176. The number of hydrogen-bond acceptors (Lipinski definition) is 8. The van der Waals surface area contributed by atoms with Crippen molar-refractivity contribution in [1.29, 1.82) is 0 Å². The molecule has 0 radical (unpaired) electrons. The van der Waals surface area contributed by atoms with Gasteiger partial charge in [-0.2, -0.15) is 5.10 Å². The van der Waals surface area contributed by atoms with E-state index in [-0.39, 0.29) is 17.2 Å². The Hall–Kier alpha value is -3.48. The van der Waals surface area contributed by atoms with Gasteiger partial charge in [-0.05, 0) is 76.9 Å². The van der Waals surface area contributed by atoms with Crippen LogP contribution < -0.4 is 4.74 Å². The van der Waals surface area contributed by atoms with Crippen LogP contribution in [0.15, 0.2) is 42.9 Å². The topological polar surface area (TPSA) is 109 Å². The van der Waals surface area contributed by atoms with Crippen LogP contribution in [0.1, 0.15) is 77.9 Å². The second-order valence-electron chi connectivity index (χ2n) is 14.5. The highest BCUT2D eigenvalue weighted by atomic mass is 35.5. The number of amides is 1. The Morgan fingerprint density at radius 2 is 1.85 bits per heavy atom. The number of piperidine rings is 1. The molecule has 5 heterocycles. The van der Waals surface area contributed by atoms with E-state index in [4.69, 9.17) is 25.5 Å². The molecule has 1 fully saturated rings. The minimum absolute atomic E-state index is 0.0410. The average molecular weight is 668 g/mol. The Balaban J connectivity index is 1.42. The van der Waals surface area contributed by atoms with Crippen LogP contribution in [0, 0.1) is 6.92 Å². The van der Waals surface area contributed by atoms with Crippen molar-refractivity contribution in [2.45, 2.75) is 97.2 Å². The van der Waals surface area contributed by atoms with E-state index < -0.39 is 20.0 Å². The Kier molecular flexibility index (Phi) is 9.54. The zero-order chi connectivity index (χ0) is 33.4. The van der Waals surface area contributed by atoms with Gasteiger partial charge < -0.3 is 18.8 Å². The van der Waals surface area contributed by atoms with Gasteiger partial charge in [0.1, 0.15) is 22.6 Å². The van der Waals surface area contributed by atoms with Gasteiger partial charge in [0.2, 0.25) is 0 Å². The second kappa shape index (κ2) is 13.0. The van der Waals surface area contributed by atoms with E-state index in [9.17, 15) is 4.79 Å². The molecule has 5 rings (SSSR count). The van der Waals surface area contributed by atoms with Gasteiger partial charge in [0.05, 0.1) is 35.3 Å². The van der Waals surface area contributed by atoms with Crippen LogP contribution in [-0.2, 0) is 9.16 Å². The first-order valence-corrected chi connectivity index (χ1v) is 19.1. The van der Waals surface area contributed by atoms with Crippen LogP contribution in [0.2, 0.25) is 23.2 Å². The van der Waals surface area contributed by atoms with Gasteiger partial charge in [0.15, 0.2) is 14.4 Å². The molecule has 1 amide bonds. The number of halogens is 1. The molecule has 1 aliphatic heterocycles. The summed E-state index contributed by atoms with van der Waals surface area (Å²) in [5, 5.41) is 14.2. The maximum absolute atomic E-state index is 12.6. The molecule has 4 aromatic heterocycles. The number of carbonyl (C=O) groups excluding carboxylic acids is 1. The summed E-state index contributed by atoms with van der Waals surface area (Å²) in [5.41, 5.74) is 3.32. The molecule has 0 aromatic carbocycles. The van der Waals surface area contributed by atoms with Gasteiger partial charge >= 0.3 is 6.09 Å². The van der Waals surface area contributed by atoms with Crippen LogP contribution in [-0.4, -0.2) is 74.2 Å². The fraction of sp³-hybridized carbons (Fsp3) is 0.545. The van der Waals surface area contributed by atoms with Gasteiger partial charge in [-0.15, -0.1) is 5.10 Å². The lowest BCUT2D eigenvalue weighted by Crippen LogP contribution is -2.42. The average Bonchev–Trinajstić information content (AvgIpc) is 3.56. The number of pyridine rings is 2. The van der Waals surface area contributed by atoms with E-state index in [0.29, 0.717) is 36.0 Å². The Morgan fingerprint density at radius 3 is 2.48 bits per heavy atom. The van der Waals surface area contributed by atoms with Crippen molar-refractivity contribution in [2.75, 3.05) is 19.7 Å². The predicted octanol–water partition coefficient (Wildman–Crippen LogP) is 7.66. The maximum Gasteiger partial charge on any atom is 0.410 e. The number of nitrogens with zero attached hydrogens (tertiary/aromatic N) is 7. The molecule has 1 aliphatic rings. The first-order chi connectivity index (χ1) is 21.5. The zero-order valence-corrected chi connectivity index (χ0v) is 30.1. The summed E-state index contributed by atoms with van der Waals surface area (Å²) < 4.78 is 22.6. The fourth-order valence-electron chi connectivity index (χ4n) is 5.24. The van der Waals surface area contributed by atoms with Crippen molar-refractivity contribution in [2.24, 2.45) is 0 Å². The van der Waals surface area contributed by atoms with Crippen molar-refractivity contribution in [3.05, 3.63) is 59.3 Å². The van der Waals surface area contributed by atoms with Crippen LogP contribution in [0.25, 0.3) is 16.8 Å². The third-order valence-corrected chi connectivity index (χ3v) is 13.7. The number of aromatic nitrogens is 6. The van der Waals surface area contributed by atoms with Crippen LogP contribution >= 0.6 is 11.6 Å². The highest BCUT2D eigenvalue weighted by Crippen LogP contribution is 2.39. The second-order valence-corrected chi connectivity index (χ2v) is 19.7. The smallest absolute Gasteiger partial charge is 0.410 e. The monoisotopic (exact) mass is 667 g/mol. The lowest BCUT2D eigenvalue weighted by atomic mass is 10.0. The van der Waals surface area contributed by atoms with Gasteiger partial charge in [0.25, 0.3) is 0 Å². The molecule has 11 nitrogen and oxygen atoms in total. The molecule has 0 spiro atoms. The number of carbonyl (C=O) groups is 1. The van der Waals surface area contributed by atoms with Crippen molar-refractivity contribution in [1.82, 2.24) is 34.5 Å². The van der Waals surface area contributed by atoms with E-state index in [1.165, 1.54) is 0 Å². The van der Waals surface area contributed by atoms with Crippen LogP contribution in [0.5, 0.6) is 5.75 Å². The van der Waals surface area contributed by atoms with Crippen LogP contribution in [0.4, 0.5) is 4.79 Å². The van der Waals surface area contributed by atoms with Crippen molar-refractivity contribution in [3.63, 3.8) is 0 Å². The molecule has 13 heteroatoms. The standard InChI is InChI=1S/C33H46ClN7O4Si/c1-22-29(37-38-41(22)24-13-16-39(17-14-24)31(42)45-32(2,3)4)23-18-27(30-25(34)19-36-40(30)20-23)44-28(26-12-10-11-15-35-26)21-43-46(8,9)33(5,6)7/h10-12,15,18-20,24,28H,13-14,16-17,21H2,1-9H3/t28-/m1/s1. The lowest BCUT2D eigenvalue weighted by molar-refractivity contribution is 0.0183. The number of rotatable bonds is 8. The normalized spacial score (nSPS) is 15.7. The fourth-order valence-corrected chi connectivity index (χ4v) is 6.47. The third-order valence-electron chi connectivity index (χ3n) is 8.88. The highest BCUT2D eigenvalue weighted by Gasteiger charge is 2.38. The largest absolute Gasteiger partial charge is 0.479 e. The summed E-state index contributed by atoms with van der Waals surface area (Å²) in [5.74, 6) is 0.550. The Labute approximate surface area is 277 Å². The molecule has 46 heavy (non-hydrogen) atoms. The predicted molar refractivity (Wildman–Crippen MR) is 181 cm³/mol. The van der Waals surface area contributed by atoms with Crippen LogP contribution in [0.3, 0.4) is 0 Å². The first-order valence-electron chi connectivity index (χ1n) is 15.8. The maximum atomic E-state index is 12.6. The summed E-state index contributed by atoms with van der Waals surface area (Å²) >= 11 is 6.65. The summed E-state index contributed by atoms with van der Waals surface area (Å²) in [6, 6.07) is 7.83. The van der Waals surface area contributed by atoms with Crippen molar-refractivity contribution in [3.8, 4) is 17.0 Å². The van der Waals surface area contributed by atoms with E-state index in [1.807, 2.05) is 62.8 Å². The zero-order valence-electron chi connectivity index (χ0n) is 28.4. The molecular formula is C33H46ClN7O4Si. The van der Waals surface area contributed by atoms with Crippen molar-refractivity contribution < 1.29 is 18.7 Å². The molecule has 1 saturated heterocycles. The van der Waals surface area contributed by atoms with Gasteiger partial charge in [0, 0.05) is 31.0 Å². The summed E-state index contributed by atoms with van der Waals surface area (Å²) in [7, 11) is -2.08. The first kappa shape index (κ1) is 33.9. The summed E-state index contributed by atoms with van der Waals surface area (Å²) in [6.07, 6.45) is 6.01. The van der Waals surface area contributed by atoms with Crippen molar-refractivity contribution >= 4 is 31.5 Å². The molecule has 1 atom stereocenters. The highest BCUT2D eigenvalue weighted by molar-refractivity contribution is 6.74. The molecule has 4 aromatic rings. The summed E-state index contributed by atoms with van der Waals surface area (Å²) in [6.45, 7) is 20.3. The number of fused-ring (bicyclic) bond motifs is 1. The number of hydrogen-bond donors (Lipinski definition) is 0. The molecule has 0 aliphatic carbocycles. The van der Waals surface area contributed by atoms with E-state index in [2.05, 4.69) is 54.3 Å². The third kappa shape index (κ3) is 7.39. The Morgan fingerprint density at radius 1 is 1.13 bits per heavy atom. The van der Waals surface area contributed by atoms with Gasteiger partial charge in [-0.3, -0.25) is 4.98 Å². The molecule has 0 saturated carbocycles. The SMILES string of the molecule is Cc1c(-c2cc(O[C@H](CO[Si](C)(C)C(C)(C)C)c3ccccn3)c3c(Cl)cnn3c2)nnn1C1CCN(C(=O)OC(C)(C)C)CC1. The number of likely N-dealkylation sites (tertiary alicyclic amines) is 1. The molecular weight excluding hydrogens is 622 g/mol. The molecule has 248 valence electrons. The minimum Gasteiger partial charge on any atom is -0.479 e.